The lowest BCUT2D eigenvalue weighted by Gasteiger charge is -2.29. The number of rotatable bonds is 7. The zero-order valence-corrected chi connectivity index (χ0v) is 20.5. The lowest BCUT2D eigenvalue weighted by Crippen LogP contribution is -2.41. The number of carbonyl (C=O) groups is 2. The summed E-state index contributed by atoms with van der Waals surface area (Å²) in [6.07, 6.45) is -10.2. The van der Waals surface area contributed by atoms with Crippen LogP contribution in [0.4, 0.5) is 26.3 Å². The molecule has 1 aliphatic rings. The molecular weight excluding hydrogens is 524 g/mol. The Balaban J connectivity index is 2.06. The summed E-state index contributed by atoms with van der Waals surface area (Å²) in [5.41, 5.74) is -5.54. The Bertz CT molecular complexity index is 1170. The molecule has 0 saturated carbocycles. The molecule has 0 bridgehead atoms. The van der Waals surface area contributed by atoms with Gasteiger partial charge in [0.2, 0.25) is 0 Å². The second-order valence-corrected chi connectivity index (χ2v) is 9.16. The number of benzene rings is 2. The zero-order chi connectivity index (χ0) is 27.4. The van der Waals surface area contributed by atoms with Crippen LogP contribution in [0.25, 0.3) is 5.57 Å². The summed E-state index contributed by atoms with van der Waals surface area (Å²) in [6, 6.07) is 7.17. The molecule has 2 aromatic rings. The van der Waals surface area contributed by atoms with Gasteiger partial charge in [0.1, 0.15) is 5.75 Å². The number of hydrogen-bond acceptors (Lipinski definition) is 5. The van der Waals surface area contributed by atoms with E-state index in [4.69, 9.17) is 9.47 Å². The Labute approximate surface area is 213 Å². The van der Waals surface area contributed by atoms with Crippen molar-refractivity contribution in [2.24, 2.45) is 0 Å². The highest BCUT2D eigenvalue weighted by atomic mass is 32.2. The van der Waals surface area contributed by atoms with Crippen molar-refractivity contribution in [3.8, 4) is 5.75 Å². The van der Waals surface area contributed by atoms with Crippen molar-refractivity contribution in [1.82, 2.24) is 4.90 Å². The molecule has 0 spiro atoms. The third kappa shape index (κ3) is 7.07. The van der Waals surface area contributed by atoms with Crippen molar-refractivity contribution in [3.05, 3.63) is 59.7 Å². The van der Waals surface area contributed by atoms with Gasteiger partial charge in [0, 0.05) is 34.9 Å². The highest BCUT2D eigenvalue weighted by molar-refractivity contribution is 7.99. The number of nitrogens with zero attached hydrogens (tertiary/aromatic N) is 1. The molecule has 0 unspecified atom stereocenters. The molecule has 200 valence electrons. The van der Waals surface area contributed by atoms with E-state index in [0.29, 0.717) is 18.2 Å². The molecule has 1 heterocycles. The molecule has 1 fully saturated rings. The fraction of sp³-hybridized carbons (Fsp3) is 0.360. The van der Waals surface area contributed by atoms with E-state index in [1.54, 1.807) is 6.92 Å². The number of esters is 1. The Morgan fingerprint density at radius 1 is 1.03 bits per heavy atom. The van der Waals surface area contributed by atoms with Crippen LogP contribution in [0.3, 0.4) is 0 Å². The van der Waals surface area contributed by atoms with Gasteiger partial charge in [-0.1, -0.05) is 37.4 Å². The molecule has 0 radical (unpaired) electrons. The van der Waals surface area contributed by atoms with E-state index in [1.165, 1.54) is 29.2 Å². The predicted molar refractivity (Wildman–Crippen MR) is 124 cm³/mol. The van der Waals surface area contributed by atoms with Crippen molar-refractivity contribution in [2.45, 2.75) is 41.9 Å². The van der Waals surface area contributed by atoms with Gasteiger partial charge in [-0.2, -0.15) is 26.3 Å². The quantitative estimate of drug-likeness (QED) is 0.173. The summed E-state index contributed by atoms with van der Waals surface area (Å²) in [4.78, 5) is 25.1. The van der Waals surface area contributed by atoms with Crippen LogP contribution in [0.1, 0.15) is 36.5 Å². The molecule has 5 nitrogen and oxygen atoms in total. The molecule has 0 atom stereocenters. The zero-order valence-electron chi connectivity index (χ0n) is 19.7. The minimum atomic E-state index is -5.44. The topological polar surface area (TPSA) is 55.8 Å². The van der Waals surface area contributed by atoms with Gasteiger partial charge in [-0.05, 0) is 36.2 Å². The standard InChI is InChI=1S/C25H23F6NO4S/c1-3-5-20(33)36-16-6-4-7-17(14-16)37-19-9-8-18(15(2)23(34)32-10-12-35-13-11-32)21(24(26,27)28)22(19)25(29,30)31/h4,6-9,14H,2-3,5,10-13H2,1H3. The molecule has 1 aliphatic heterocycles. The van der Waals surface area contributed by atoms with Gasteiger partial charge in [0.15, 0.2) is 0 Å². The van der Waals surface area contributed by atoms with Gasteiger partial charge in [0.25, 0.3) is 5.91 Å². The van der Waals surface area contributed by atoms with Crippen LogP contribution in [0.2, 0.25) is 0 Å². The van der Waals surface area contributed by atoms with Gasteiger partial charge in [-0.25, -0.2) is 0 Å². The average molecular weight is 548 g/mol. The van der Waals surface area contributed by atoms with Gasteiger partial charge >= 0.3 is 18.3 Å². The number of carbonyl (C=O) groups excluding carboxylic acids is 2. The fourth-order valence-electron chi connectivity index (χ4n) is 3.68. The van der Waals surface area contributed by atoms with E-state index < -0.39 is 51.4 Å². The Kier molecular flexibility index (Phi) is 8.96. The first-order valence-corrected chi connectivity index (χ1v) is 12.0. The van der Waals surface area contributed by atoms with Gasteiger partial charge in [-0.3, -0.25) is 9.59 Å². The lowest BCUT2D eigenvalue weighted by molar-refractivity contribution is -0.163. The van der Waals surface area contributed by atoms with E-state index >= 15 is 0 Å². The highest BCUT2D eigenvalue weighted by Crippen LogP contribution is 2.49. The van der Waals surface area contributed by atoms with Crippen LogP contribution >= 0.6 is 11.8 Å². The van der Waals surface area contributed by atoms with Crippen molar-refractivity contribution < 1.29 is 45.4 Å². The predicted octanol–water partition coefficient (Wildman–Crippen LogP) is 6.45. The monoisotopic (exact) mass is 547 g/mol. The van der Waals surface area contributed by atoms with Crippen LogP contribution in [0.15, 0.2) is 52.8 Å². The van der Waals surface area contributed by atoms with E-state index in [-0.39, 0.29) is 43.4 Å². The Hall–Kier alpha value is -2.99. The summed E-state index contributed by atoms with van der Waals surface area (Å²) in [7, 11) is 0. The number of hydrogen-bond donors (Lipinski definition) is 0. The van der Waals surface area contributed by atoms with Crippen LogP contribution in [0.5, 0.6) is 5.75 Å². The van der Waals surface area contributed by atoms with Gasteiger partial charge < -0.3 is 14.4 Å². The van der Waals surface area contributed by atoms with Crippen molar-refractivity contribution in [3.63, 3.8) is 0 Å². The number of amides is 1. The molecule has 12 heteroatoms. The van der Waals surface area contributed by atoms with E-state index in [9.17, 15) is 35.9 Å². The van der Waals surface area contributed by atoms with Crippen molar-refractivity contribution in [1.29, 1.82) is 0 Å². The minimum absolute atomic E-state index is 0.0501. The molecule has 3 rings (SSSR count). The molecule has 1 saturated heterocycles. The summed E-state index contributed by atoms with van der Waals surface area (Å²) in [5.74, 6) is -1.40. The molecule has 2 aromatic carbocycles. The Morgan fingerprint density at radius 2 is 1.68 bits per heavy atom. The second kappa shape index (κ2) is 11.6. The summed E-state index contributed by atoms with van der Waals surface area (Å²) >= 11 is 0.430. The first-order chi connectivity index (χ1) is 17.3. The van der Waals surface area contributed by atoms with E-state index in [0.717, 1.165) is 12.1 Å². The third-order valence-electron chi connectivity index (χ3n) is 5.33. The number of halogens is 6. The van der Waals surface area contributed by atoms with Crippen molar-refractivity contribution in [2.75, 3.05) is 26.3 Å². The van der Waals surface area contributed by atoms with E-state index in [1.807, 2.05) is 0 Å². The molecule has 0 N–H and O–H groups in total. The maximum absolute atomic E-state index is 14.2. The maximum atomic E-state index is 14.2. The minimum Gasteiger partial charge on any atom is -0.426 e. The first kappa shape index (κ1) is 28.6. The largest absolute Gasteiger partial charge is 0.426 e. The lowest BCUT2D eigenvalue weighted by atomic mass is 9.94. The van der Waals surface area contributed by atoms with Gasteiger partial charge in [0.05, 0.1) is 24.3 Å². The maximum Gasteiger partial charge on any atom is 0.418 e. The highest BCUT2D eigenvalue weighted by Gasteiger charge is 2.47. The fourth-order valence-corrected chi connectivity index (χ4v) is 4.71. The van der Waals surface area contributed by atoms with Crippen LogP contribution in [-0.2, 0) is 26.7 Å². The number of morpholine rings is 1. The molecule has 0 aliphatic carbocycles. The molecule has 1 amide bonds. The second-order valence-electron chi connectivity index (χ2n) is 8.04. The van der Waals surface area contributed by atoms with Crippen LogP contribution in [0, 0.1) is 0 Å². The summed E-state index contributed by atoms with van der Waals surface area (Å²) < 4.78 is 95.1. The normalized spacial score (nSPS) is 14.4. The molecular formula is C25H23F6NO4S. The first-order valence-electron chi connectivity index (χ1n) is 11.2. The number of ether oxygens (including phenoxy) is 2. The molecule has 37 heavy (non-hydrogen) atoms. The Morgan fingerprint density at radius 3 is 2.27 bits per heavy atom. The smallest absolute Gasteiger partial charge is 0.418 e. The van der Waals surface area contributed by atoms with Crippen molar-refractivity contribution >= 4 is 29.2 Å². The van der Waals surface area contributed by atoms with Crippen LogP contribution < -0.4 is 4.74 Å². The van der Waals surface area contributed by atoms with Gasteiger partial charge in [-0.15, -0.1) is 0 Å². The molecule has 0 aromatic heterocycles. The average Bonchev–Trinajstić information content (AvgIpc) is 2.82. The van der Waals surface area contributed by atoms with Crippen LogP contribution in [-0.4, -0.2) is 43.1 Å². The SMILES string of the molecule is C=C(C(=O)N1CCOCC1)c1ccc(Sc2cccc(OC(=O)CCC)c2)c(C(F)(F)F)c1C(F)(F)F. The number of alkyl halides is 6. The third-order valence-corrected chi connectivity index (χ3v) is 6.38. The summed E-state index contributed by atoms with van der Waals surface area (Å²) in [6.45, 7) is 5.64. The van der Waals surface area contributed by atoms with E-state index in [2.05, 4.69) is 6.58 Å². The summed E-state index contributed by atoms with van der Waals surface area (Å²) in [5, 5.41) is 0.